The van der Waals surface area contributed by atoms with Gasteiger partial charge in [0.15, 0.2) is 0 Å². The van der Waals surface area contributed by atoms with Crippen molar-refractivity contribution in [3.8, 4) is 6.07 Å². The average Bonchev–Trinajstić information content (AvgIpc) is 2.41. The first-order valence-corrected chi connectivity index (χ1v) is 6.06. The number of carbonyl (C=O) groups is 1. The summed E-state index contributed by atoms with van der Waals surface area (Å²) in [5.74, 6) is -0.301. The van der Waals surface area contributed by atoms with Gasteiger partial charge in [0, 0.05) is 6.20 Å². The Hall–Kier alpha value is -1.93. The first kappa shape index (κ1) is 12.5. The first-order valence-electron chi connectivity index (χ1n) is 6.06. The van der Waals surface area contributed by atoms with Crippen molar-refractivity contribution < 1.29 is 9.90 Å². The molecule has 1 heterocycles. The van der Waals surface area contributed by atoms with Crippen LogP contribution in [0.4, 0.5) is 0 Å². The SMILES string of the molecule is N#Cc1ccc(C(=O)N[C@H]2CCCC[C@@H]2O)nc1. The van der Waals surface area contributed by atoms with Crippen molar-refractivity contribution in [3.63, 3.8) is 0 Å². The van der Waals surface area contributed by atoms with Crippen LogP contribution in [0.15, 0.2) is 18.3 Å². The Labute approximate surface area is 105 Å². The zero-order valence-electron chi connectivity index (χ0n) is 9.97. The molecule has 5 heteroatoms. The van der Waals surface area contributed by atoms with Gasteiger partial charge in [-0.1, -0.05) is 12.8 Å². The number of nitriles is 1. The molecule has 0 saturated heterocycles. The van der Waals surface area contributed by atoms with Gasteiger partial charge in [0.1, 0.15) is 11.8 Å². The van der Waals surface area contributed by atoms with E-state index in [0.717, 1.165) is 25.7 Å². The normalized spacial score (nSPS) is 23.1. The third kappa shape index (κ3) is 2.84. The summed E-state index contributed by atoms with van der Waals surface area (Å²) in [6.07, 6.45) is 4.44. The topological polar surface area (TPSA) is 86.0 Å². The lowest BCUT2D eigenvalue weighted by atomic mass is 9.92. The van der Waals surface area contributed by atoms with Crippen LogP contribution in [0.2, 0.25) is 0 Å². The Balaban J connectivity index is 2.00. The van der Waals surface area contributed by atoms with Crippen molar-refractivity contribution in [2.45, 2.75) is 37.8 Å². The van der Waals surface area contributed by atoms with E-state index >= 15 is 0 Å². The number of carbonyl (C=O) groups excluding carboxylic acids is 1. The van der Waals surface area contributed by atoms with Crippen molar-refractivity contribution in [1.29, 1.82) is 5.26 Å². The molecular formula is C13H15N3O2. The summed E-state index contributed by atoms with van der Waals surface area (Å²) in [5.41, 5.74) is 0.691. The van der Waals surface area contributed by atoms with Crippen molar-refractivity contribution in [2.24, 2.45) is 0 Å². The second-order valence-electron chi connectivity index (χ2n) is 4.48. The summed E-state index contributed by atoms with van der Waals surface area (Å²) >= 11 is 0. The predicted octanol–water partition coefficient (Wildman–Crippen LogP) is 0.987. The highest BCUT2D eigenvalue weighted by Gasteiger charge is 2.25. The lowest BCUT2D eigenvalue weighted by Crippen LogP contribution is -2.45. The lowest BCUT2D eigenvalue weighted by Gasteiger charge is -2.28. The molecule has 1 aliphatic carbocycles. The quantitative estimate of drug-likeness (QED) is 0.813. The summed E-state index contributed by atoms with van der Waals surface area (Å²) in [4.78, 5) is 15.8. The standard InChI is InChI=1S/C13H15N3O2/c14-7-9-5-6-11(15-8-9)13(18)16-10-3-1-2-4-12(10)17/h5-6,8,10,12,17H,1-4H2,(H,16,18)/t10-,12-/m0/s1. The smallest absolute Gasteiger partial charge is 0.270 e. The average molecular weight is 245 g/mol. The van der Waals surface area contributed by atoms with Crippen LogP contribution < -0.4 is 5.32 Å². The maximum Gasteiger partial charge on any atom is 0.270 e. The van der Waals surface area contributed by atoms with Gasteiger partial charge in [-0.25, -0.2) is 4.98 Å². The summed E-state index contributed by atoms with van der Waals surface area (Å²) in [6.45, 7) is 0. The number of nitrogens with one attached hydrogen (secondary N) is 1. The fourth-order valence-electron chi connectivity index (χ4n) is 2.12. The van der Waals surface area contributed by atoms with E-state index in [2.05, 4.69) is 10.3 Å². The number of aromatic nitrogens is 1. The van der Waals surface area contributed by atoms with E-state index in [4.69, 9.17) is 5.26 Å². The Bertz CT molecular complexity index is 464. The molecule has 1 fully saturated rings. The van der Waals surface area contributed by atoms with Crippen LogP contribution in [0.1, 0.15) is 41.7 Å². The van der Waals surface area contributed by atoms with E-state index in [1.807, 2.05) is 6.07 Å². The van der Waals surface area contributed by atoms with E-state index in [-0.39, 0.29) is 17.6 Å². The maximum absolute atomic E-state index is 11.9. The molecule has 1 aliphatic rings. The van der Waals surface area contributed by atoms with Crippen molar-refractivity contribution >= 4 is 5.91 Å². The summed E-state index contributed by atoms with van der Waals surface area (Å²) in [6, 6.07) is 4.83. The van der Waals surface area contributed by atoms with Crippen molar-refractivity contribution in [2.75, 3.05) is 0 Å². The third-order valence-corrected chi connectivity index (χ3v) is 3.17. The van der Waals surface area contributed by atoms with Gasteiger partial charge >= 0.3 is 0 Å². The van der Waals surface area contributed by atoms with Gasteiger partial charge < -0.3 is 10.4 Å². The number of aliphatic hydroxyl groups is 1. The fourth-order valence-corrected chi connectivity index (χ4v) is 2.12. The van der Waals surface area contributed by atoms with E-state index < -0.39 is 6.10 Å². The molecule has 0 spiro atoms. The Morgan fingerprint density at radius 2 is 2.22 bits per heavy atom. The third-order valence-electron chi connectivity index (χ3n) is 3.17. The van der Waals surface area contributed by atoms with Crippen LogP contribution in [0.3, 0.4) is 0 Å². The molecule has 0 bridgehead atoms. The molecule has 0 unspecified atom stereocenters. The highest BCUT2D eigenvalue weighted by atomic mass is 16.3. The van der Waals surface area contributed by atoms with Gasteiger partial charge in [-0.3, -0.25) is 4.79 Å². The van der Waals surface area contributed by atoms with Crippen molar-refractivity contribution in [3.05, 3.63) is 29.6 Å². The van der Waals surface area contributed by atoms with Crippen LogP contribution in [-0.2, 0) is 0 Å². The first-order chi connectivity index (χ1) is 8.70. The Kier molecular flexibility index (Phi) is 3.90. The van der Waals surface area contributed by atoms with E-state index in [0.29, 0.717) is 5.56 Å². The van der Waals surface area contributed by atoms with Crippen LogP contribution >= 0.6 is 0 Å². The molecule has 2 N–H and O–H groups in total. The zero-order valence-corrected chi connectivity index (χ0v) is 9.97. The lowest BCUT2D eigenvalue weighted by molar-refractivity contribution is 0.0714. The summed E-state index contributed by atoms with van der Waals surface area (Å²) in [5, 5.41) is 21.2. The van der Waals surface area contributed by atoms with Crippen LogP contribution in [0.5, 0.6) is 0 Å². The van der Waals surface area contributed by atoms with Gasteiger partial charge in [-0.05, 0) is 25.0 Å². The fraction of sp³-hybridized carbons (Fsp3) is 0.462. The molecule has 0 aromatic carbocycles. The molecule has 2 rings (SSSR count). The Morgan fingerprint density at radius 3 is 2.83 bits per heavy atom. The maximum atomic E-state index is 11.9. The number of aliphatic hydroxyl groups excluding tert-OH is 1. The second kappa shape index (κ2) is 5.61. The minimum Gasteiger partial charge on any atom is -0.391 e. The minimum absolute atomic E-state index is 0.191. The van der Waals surface area contributed by atoms with Gasteiger partial charge in [-0.15, -0.1) is 0 Å². The van der Waals surface area contributed by atoms with E-state index in [1.165, 1.54) is 12.3 Å². The highest BCUT2D eigenvalue weighted by molar-refractivity contribution is 5.92. The molecule has 18 heavy (non-hydrogen) atoms. The molecule has 2 atom stereocenters. The predicted molar refractivity (Wildman–Crippen MR) is 64.7 cm³/mol. The van der Waals surface area contributed by atoms with Gasteiger partial charge in [0.2, 0.25) is 0 Å². The van der Waals surface area contributed by atoms with E-state index in [9.17, 15) is 9.90 Å². The van der Waals surface area contributed by atoms with Gasteiger partial charge in [0.25, 0.3) is 5.91 Å². The van der Waals surface area contributed by atoms with Crippen LogP contribution in [0.25, 0.3) is 0 Å². The molecule has 5 nitrogen and oxygen atoms in total. The number of amides is 1. The molecule has 0 aliphatic heterocycles. The van der Waals surface area contributed by atoms with E-state index in [1.54, 1.807) is 6.07 Å². The van der Waals surface area contributed by atoms with Gasteiger partial charge in [0.05, 0.1) is 17.7 Å². The molecule has 0 radical (unpaired) electrons. The molecular weight excluding hydrogens is 230 g/mol. The minimum atomic E-state index is -0.471. The highest BCUT2D eigenvalue weighted by Crippen LogP contribution is 2.18. The number of nitrogens with zero attached hydrogens (tertiary/aromatic N) is 2. The monoisotopic (exact) mass is 245 g/mol. The second-order valence-corrected chi connectivity index (χ2v) is 4.48. The molecule has 94 valence electrons. The Morgan fingerprint density at radius 1 is 1.44 bits per heavy atom. The molecule has 1 saturated carbocycles. The number of pyridine rings is 1. The van der Waals surface area contributed by atoms with Crippen LogP contribution in [0, 0.1) is 11.3 Å². The number of hydrogen-bond donors (Lipinski definition) is 2. The molecule has 1 aromatic heterocycles. The molecule has 1 amide bonds. The summed E-state index contributed by atoms with van der Waals surface area (Å²) < 4.78 is 0. The number of rotatable bonds is 2. The molecule has 1 aromatic rings. The van der Waals surface area contributed by atoms with Crippen LogP contribution in [-0.4, -0.2) is 28.1 Å². The van der Waals surface area contributed by atoms with Gasteiger partial charge in [-0.2, -0.15) is 5.26 Å². The largest absolute Gasteiger partial charge is 0.391 e. The van der Waals surface area contributed by atoms with Crippen molar-refractivity contribution in [1.82, 2.24) is 10.3 Å². The number of hydrogen-bond acceptors (Lipinski definition) is 4. The summed E-state index contributed by atoms with van der Waals surface area (Å²) in [7, 11) is 0. The zero-order chi connectivity index (χ0) is 13.0.